The monoisotopic (exact) mass is 506 g/mol. The number of nitrogens with two attached hydrogens (primary N) is 1. The Morgan fingerprint density at radius 1 is 1.25 bits per heavy atom. The Morgan fingerprint density at radius 3 is 2.61 bits per heavy atom. The zero-order valence-corrected chi connectivity index (χ0v) is 22.0. The van der Waals surface area contributed by atoms with Crippen LogP contribution in [-0.2, 0) is 28.5 Å². The number of epoxide rings is 1. The van der Waals surface area contributed by atoms with Crippen molar-refractivity contribution in [3.05, 3.63) is 36.0 Å². The van der Waals surface area contributed by atoms with Gasteiger partial charge in [-0.1, -0.05) is 30.7 Å². The van der Waals surface area contributed by atoms with Crippen molar-refractivity contribution in [2.45, 2.75) is 102 Å². The van der Waals surface area contributed by atoms with E-state index in [1.165, 1.54) is 13.0 Å². The highest BCUT2D eigenvalue weighted by Gasteiger charge is 2.58. The summed E-state index contributed by atoms with van der Waals surface area (Å²) < 4.78 is 22.7. The average Bonchev–Trinajstić information content (AvgIpc) is 3.59. The molecule has 0 saturated carbocycles. The number of esters is 1. The zero-order valence-electron chi connectivity index (χ0n) is 22.0. The Kier molecular flexibility index (Phi) is 9.88. The van der Waals surface area contributed by atoms with Gasteiger partial charge in [-0.15, -0.1) is 0 Å². The van der Waals surface area contributed by atoms with Crippen molar-refractivity contribution in [2.24, 2.45) is 11.7 Å². The molecule has 0 aromatic heterocycles. The Balaban J connectivity index is 1.48. The molecule has 1 unspecified atom stereocenters. The van der Waals surface area contributed by atoms with Gasteiger partial charge in [-0.25, -0.2) is 0 Å². The van der Waals surface area contributed by atoms with Gasteiger partial charge in [-0.05, 0) is 45.6 Å². The van der Waals surface area contributed by atoms with Crippen LogP contribution in [0.1, 0.15) is 53.9 Å². The third kappa shape index (κ3) is 7.73. The minimum absolute atomic E-state index is 0.0392. The highest BCUT2D eigenvalue weighted by molar-refractivity contribution is 5.87. The van der Waals surface area contributed by atoms with Gasteiger partial charge in [-0.3, -0.25) is 9.59 Å². The van der Waals surface area contributed by atoms with Gasteiger partial charge in [0.05, 0.1) is 31.0 Å². The van der Waals surface area contributed by atoms with Gasteiger partial charge in [0.1, 0.15) is 23.9 Å². The first-order valence-corrected chi connectivity index (χ1v) is 12.9. The van der Waals surface area contributed by atoms with E-state index >= 15 is 0 Å². The fraction of sp³-hybridized carbons (Fsp3) is 0.704. The van der Waals surface area contributed by atoms with Crippen LogP contribution in [0.15, 0.2) is 36.0 Å². The van der Waals surface area contributed by atoms with Crippen LogP contribution in [0.25, 0.3) is 0 Å². The lowest BCUT2D eigenvalue weighted by molar-refractivity contribution is -0.143. The van der Waals surface area contributed by atoms with E-state index in [1.807, 2.05) is 26.0 Å². The maximum absolute atomic E-state index is 12.3. The topological polar surface area (TPSA) is 133 Å². The molecule has 3 fully saturated rings. The number of amides is 1. The van der Waals surface area contributed by atoms with Gasteiger partial charge in [0, 0.05) is 26.0 Å². The third-order valence-electron chi connectivity index (χ3n) is 7.19. The predicted molar refractivity (Wildman–Crippen MR) is 135 cm³/mol. The van der Waals surface area contributed by atoms with Crippen LogP contribution in [0.5, 0.6) is 0 Å². The van der Waals surface area contributed by atoms with Crippen LogP contribution < -0.4 is 11.1 Å². The number of ether oxygens (including phenoxy) is 4. The Morgan fingerprint density at radius 2 is 1.97 bits per heavy atom. The zero-order chi connectivity index (χ0) is 26.5. The summed E-state index contributed by atoms with van der Waals surface area (Å²) in [7, 11) is 0. The van der Waals surface area contributed by atoms with Crippen molar-refractivity contribution in [1.82, 2.24) is 5.32 Å². The minimum Gasteiger partial charge on any atom is -0.459 e. The molecule has 0 aromatic carbocycles. The van der Waals surface area contributed by atoms with Crippen LogP contribution in [-0.4, -0.2) is 78.4 Å². The van der Waals surface area contributed by atoms with E-state index in [9.17, 15) is 14.7 Å². The summed E-state index contributed by atoms with van der Waals surface area (Å²) in [6.07, 6.45) is 9.30. The number of allylic oxidation sites excluding steroid dienone is 2. The molecule has 0 radical (unpaired) electrons. The lowest BCUT2D eigenvalue weighted by Crippen LogP contribution is -2.51. The fourth-order valence-corrected chi connectivity index (χ4v) is 4.91. The van der Waals surface area contributed by atoms with Crippen LogP contribution in [0.2, 0.25) is 0 Å². The molecule has 9 atom stereocenters. The Labute approximate surface area is 214 Å². The fourth-order valence-electron chi connectivity index (χ4n) is 4.91. The van der Waals surface area contributed by atoms with E-state index in [2.05, 4.69) is 18.3 Å². The van der Waals surface area contributed by atoms with Gasteiger partial charge in [-0.2, -0.15) is 0 Å². The van der Waals surface area contributed by atoms with Gasteiger partial charge < -0.3 is 35.1 Å². The number of hydrogen-bond acceptors (Lipinski definition) is 8. The van der Waals surface area contributed by atoms with E-state index in [0.717, 1.165) is 18.4 Å². The van der Waals surface area contributed by atoms with Gasteiger partial charge in [0.15, 0.2) is 0 Å². The van der Waals surface area contributed by atoms with Crippen LogP contribution in [0, 0.1) is 5.92 Å². The molecule has 3 aliphatic rings. The molecular formula is C27H42N2O7. The molecule has 3 rings (SSSR count). The number of nitrogens with one attached hydrogen (secondary N) is 1. The smallest absolute Gasteiger partial charge is 0.303 e. The first kappa shape index (κ1) is 28.5. The van der Waals surface area contributed by atoms with Gasteiger partial charge >= 0.3 is 5.97 Å². The first-order chi connectivity index (χ1) is 17.0. The number of rotatable bonds is 9. The molecule has 36 heavy (non-hydrogen) atoms. The maximum Gasteiger partial charge on any atom is 0.303 e. The summed E-state index contributed by atoms with van der Waals surface area (Å²) in [6.45, 7) is 10.1. The molecule has 1 amide bonds. The number of hydrogen-bond donors (Lipinski definition) is 3. The van der Waals surface area contributed by atoms with Crippen molar-refractivity contribution in [1.29, 1.82) is 0 Å². The second-order valence-corrected chi connectivity index (χ2v) is 10.4. The maximum atomic E-state index is 12.3. The summed E-state index contributed by atoms with van der Waals surface area (Å²) in [5.41, 5.74) is 6.35. The lowest BCUT2D eigenvalue weighted by Gasteiger charge is -2.39. The number of carbonyl (C=O) groups is 2. The minimum atomic E-state index is -0.696. The molecule has 9 nitrogen and oxygen atoms in total. The molecule has 0 bridgehead atoms. The van der Waals surface area contributed by atoms with E-state index in [0.29, 0.717) is 19.6 Å². The van der Waals surface area contributed by atoms with E-state index in [4.69, 9.17) is 24.7 Å². The summed E-state index contributed by atoms with van der Waals surface area (Å²) >= 11 is 0. The first-order valence-electron chi connectivity index (χ1n) is 12.9. The highest BCUT2D eigenvalue weighted by Crippen LogP contribution is 2.42. The summed E-state index contributed by atoms with van der Waals surface area (Å²) in [6, 6.07) is -0.0974. The van der Waals surface area contributed by atoms with Crippen LogP contribution in [0.4, 0.5) is 0 Å². The summed E-state index contributed by atoms with van der Waals surface area (Å²) in [5.74, 6) is -0.365. The van der Waals surface area contributed by atoms with Gasteiger partial charge in [0.2, 0.25) is 5.91 Å². The molecule has 0 aromatic rings. The van der Waals surface area contributed by atoms with Crippen molar-refractivity contribution in [3.63, 3.8) is 0 Å². The van der Waals surface area contributed by atoms with Crippen LogP contribution >= 0.6 is 0 Å². The number of aliphatic hydroxyl groups excluding tert-OH is 1. The summed E-state index contributed by atoms with van der Waals surface area (Å²) in [4.78, 5) is 23.3. The quantitative estimate of drug-likeness (QED) is 0.187. The second kappa shape index (κ2) is 12.5. The molecule has 4 N–H and O–H groups in total. The molecule has 3 aliphatic heterocycles. The van der Waals surface area contributed by atoms with E-state index in [-0.39, 0.29) is 42.1 Å². The Bertz CT molecular complexity index is 866. The van der Waals surface area contributed by atoms with E-state index in [1.54, 1.807) is 13.0 Å². The normalized spacial score (nSPS) is 37.9. The molecule has 0 aliphatic carbocycles. The van der Waals surface area contributed by atoms with Gasteiger partial charge in [0.25, 0.3) is 0 Å². The molecule has 202 valence electrons. The SMILES string of the molecule is CC(=O)OC(C)C=CC(=O)N[C@@H]1C[C@H](C)[C@H](C/C=C(C)/C=C/[C@H]2O[C@H](CN)C[C@@]3(CO3)[C@@H]2O)O[C@@H]1C. The van der Waals surface area contributed by atoms with Crippen molar-refractivity contribution in [2.75, 3.05) is 13.2 Å². The lowest BCUT2D eigenvalue weighted by atomic mass is 9.87. The standard InChI is InChI=1S/C27H42N2O7/c1-16(7-10-24-26(32)27(15-33-27)13-21(14-28)36-24)6-9-23-17(2)12-22(19(4)35-23)29-25(31)11-8-18(3)34-20(5)30/h6-8,10-11,17-19,21-24,26,32H,9,12-15,28H2,1-5H3,(H,29,31)/b10-7+,11-8?,16-6+/t17-,18?,19+,21-,22+,23-,24+,26+,27+/m0/s1. The van der Waals surface area contributed by atoms with Crippen molar-refractivity contribution < 1.29 is 33.6 Å². The van der Waals surface area contributed by atoms with Crippen LogP contribution in [0.3, 0.4) is 0 Å². The largest absolute Gasteiger partial charge is 0.459 e. The molecule has 9 heteroatoms. The molecule has 3 saturated heterocycles. The molecule has 1 spiro atoms. The molecule has 3 heterocycles. The average molecular weight is 507 g/mol. The molecular weight excluding hydrogens is 464 g/mol. The third-order valence-corrected chi connectivity index (χ3v) is 7.19. The number of aliphatic hydroxyl groups is 1. The van der Waals surface area contributed by atoms with Crippen molar-refractivity contribution >= 4 is 11.9 Å². The van der Waals surface area contributed by atoms with Crippen molar-refractivity contribution in [3.8, 4) is 0 Å². The Hall–Kier alpha value is -2.04. The second-order valence-electron chi connectivity index (χ2n) is 10.4. The summed E-state index contributed by atoms with van der Waals surface area (Å²) in [5, 5.41) is 13.6. The number of carbonyl (C=O) groups excluding carboxylic acids is 2. The predicted octanol–water partition coefficient (Wildman–Crippen LogP) is 1.93. The van der Waals surface area contributed by atoms with E-state index < -0.39 is 23.9 Å². The highest BCUT2D eigenvalue weighted by atomic mass is 16.6.